The van der Waals surface area contributed by atoms with Crippen molar-refractivity contribution >= 4 is 34.4 Å². The molecule has 112 valence electrons. The summed E-state index contributed by atoms with van der Waals surface area (Å²) in [6.45, 7) is 0.889. The van der Waals surface area contributed by atoms with E-state index >= 15 is 0 Å². The third kappa shape index (κ3) is 5.62. The van der Waals surface area contributed by atoms with Crippen LogP contribution in [-0.2, 0) is 0 Å². The lowest BCUT2D eigenvalue weighted by atomic mass is 10.1. The van der Waals surface area contributed by atoms with Gasteiger partial charge in [-0.15, -0.1) is 0 Å². The average Bonchev–Trinajstić information content (AvgIpc) is 2.48. The molecule has 0 aliphatic heterocycles. The van der Waals surface area contributed by atoms with Crippen LogP contribution in [0.15, 0.2) is 58.3 Å². The Labute approximate surface area is 144 Å². The van der Waals surface area contributed by atoms with Gasteiger partial charge >= 0.3 is 0 Å². The van der Waals surface area contributed by atoms with Crippen molar-refractivity contribution in [3.63, 3.8) is 0 Å². The minimum absolute atomic E-state index is 0.384. The van der Waals surface area contributed by atoms with Gasteiger partial charge in [-0.1, -0.05) is 23.9 Å². The van der Waals surface area contributed by atoms with E-state index in [9.17, 15) is 5.11 Å². The highest BCUT2D eigenvalue weighted by Crippen LogP contribution is 2.29. The molecule has 0 bridgehead atoms. The highest BCUT2D eigenvalue weighted by atomic mass is 127. The molecule has 0 saturated heterocycles. The van der Waals surface area contributed by atoms with Crippen molar-refractivity contribution in [2.24, 2.45) is 0 Å². The van der Waals surface area contributed by atoms with Crippen LogP contribution >= 0.6 is 34.4 Å². The van der Waals surface area contributed by atoms with Crippen molar-refractivity contribution in [2.45, 2.75) is 22.3 Å². The third-order valence-corrected chi connectivity index (χ3v) is 4.90. The van der Waals surface area contributed by atoms with Crippen LogP contribution in [0, 0.1) is 3.57 Å². The topological polar surface area (TPSA) is 23.5 Å². The van der Waals surface area contributed by atoms with E-state index in [2.05, 4.69) is 63.9 Å². The van der Waals surface area contributed by atoms with Crippen LogP contribution in [0.5, 0.6) is 0 Å². The van der Waals surface area contributed by atoms with Crippen LogP contribution < -0.4 is 0 Å². The molecule has 0 spiro atoms. The van der Waals surface area contributed by atoms with Gasteiger partial charge in [0.25, 0.3) is 0 Å². The van der Waals surface area contributed by atoms with Crippen LogP contribution in [0.2, 0.25) is 0 Å². The second-order valence-corrected chi connectivity index (χ2v) is 7.63. The summed E-state index contributed by atoms with van der Waals surface area (Å²) < 4.78 is 1.25. The van der Waals surface area contributed by atoms with Crippen molar-refractivity contribution in [2.75, 3.05) is 20.6 Å². The van der Waals surface area contributed by atoms with E-state index in [1.807, 2.05) is 26.2 Å². The van der Waals surface area contributed by atoms with Crippen LogP contribution in [0.3, 0.4) is 0 Å². The van der Waals surface area contributed by atoms with Gasteiger partial charge in [-0.3, -0.25) is 0 Å². The molecule has 0 aliphatic rings. The van der Waals surface area contributed by atoms with Gasteiger partial charge in [0.2, 0.25) is 0 Å². The summed E-state index contributed by atoms with van der Waals surface area (Å²) >= 11 is 4.05. The summed E-state index contributed by atoms with van der Waals surface area (Å²) in [5, 5.41) is 10.1. The minimum atomic E-state index is -0.384. The first-order valence-corrected chi connectivity index (χ1v) is 8.80. The van der Waals surface area contributed by atoms with Crippen LogP contribution in [0.1, 0.15) is 18.1 Å². The Morgan fingerprint density at radius 1 is 1.00 bits per heavy atom. The van der Waals surface area contributed by atoms with Crippen LogP contribution in [0.25, 0.3) is 0 Å². The monoisotopic (exact) mass is 413 g/mol. The molecule has 1 unspecified atom stereocenters. The highest BCUT2D eigenvalue weighted by Gasteiger charge is 2.08. The summed E-state index contributed by atoms with van der Waals surface area (Å²) in [6.07, 6.45) is 0.376. The molecule has 0 radical (unpaired) electrons. The fraction of sp³-hybridized carbons (Fsp3) is 0.294. The van der Waals surface area contributed by atoms with E-state index in [0.717, 1.165) is 18.5 Å². The minimum Gasteiger partial charge on any atom is -0.388 e. The zero-order valence-electron chi connectivity index (χ0n) is 12.3. The van der Waals surface area contributed by atoms with Crippen molar-refractivity contribution in [3.8, 4) is 0 Å². The maximum atomic E-state index is 10.1. The Morgan fingerprint density at radius 2 is 1.52 bits per heavy atom. The Kier molecular flexibility index (Phi) is 6.54. The Bertz CT molecular complexity index is 554. The largest absolute Gasteiger partial charge is 0.388 e. The van der Waals surface area contributed by atoms with Gasteiger partial charge in [0, 0.05) is 19.9 Å². The number of hydrogen-bond acceptors (Lipinski definition) is 3. The molecule has 2 aromatic rings. The maximum Gasteiger partial charge on any atom is 0.0802 e. The number of aliphatic hydroxyl groups is 1. The second kappa shape index (κ2) is 8.17. The lowest BCUT2D eigenvalue weighted by Crippen LogP contribution is -2.15. The fourth-order valence-electron chi connectivity index (χ4n) is 1.94. The predicted molar refractivity (Wildman–Crippen MR) is 97.9 cm³/mol. The van der Waals surface area contributed by atoms with E-state index in [-0.39, 0.29) is 6.10 Å². The quantitative estimate of drug-likeness (QED) is 0.709. The molecule has 1 atom stereocenters. The highest BCUT2D eigenvalue weighted by molar-refractivity contribution is 14.1. The lowest BCUT2D eigenvalue weighted by molar-refractivity contribution is 0.154. The van der Waals surface area contributed by atoms with Gasteiger partial charge in [-0.2, -0.15) is 0 Å². The lowest BCUT2D eigenvalue weighted by Gasteiger charge is -2.15. The number of benzene rings is 2. The summed E-state index contributed by atoms with van der Waals surface area (Å²) in [5.41, 5.74) is 0.990. The predicted octanol–water partition coefficient (Wildman–Crippen LogP) is 4.43. The van der Waals surface area contributed by atoms with E-state index in [1.54, 1.807) is 11.8 Å². The molecule has 2 rings (SSSR count). The molecule has 0 fully saturated rings. The van der Waals surface area contributed by atoms with Crippen molar-refractivity contribution < 1.29 is 5.11 Å². The van der Waals surface area contributed by atoms with E-state index in [4.69, 9.17) is 0 Å². The molecule has 0 aromatic heterocycles. The Balaban J connectivity index is 1.96. The number of rotatable bonds is 6. The number of halogens is 1. The zero-order valence-corrected chi connectivity index (χ0v) is 15.3. The van der Waals surface area contributed by atoms with Gasteiger partial charge in [-0.05, 0) is 85.1 Å². The Hall–Kier alpha value is -0.560. The van der Waals surface area contributed by atoms with E-state index in [1.165, 1.54) is 13.4 Å². The molecule has 0 amide bonds. The molecule has 21 heavy (non-hydrogen) atoms. The molecule has 0 aliphatic carbocycles. The van der Waals surface area contributed by atoms with Gasteiger partial charge in [0.05, 0.1) is 6.10 Å². The number of hydrogen-bond donors (Lipinski definition) is 1. The average molecular weight is 413 g/mol. The van der Waals surface area contributed by atoms with Gasteiger partial charge in [0.1, 0.15) is 0 Å². The smallest absolute Gasteiger partial charge is 0.0802 e. The first-order chi connectivity index (χ1) is 10.0. The van der Waals surface area contributed by atoms with Crippen molar-refractivity contribution in [3.05, 3.63) is 57.7 Å². The molecule has 2 nitrogen and oxygen atoms in total. The van der Waals surface area contributed by atoms with Gasteiger partial charge in [-0.25, -0.2) is 0 Å². The maximum absolute atomic E-state index is 10.1. The molecule has 0 saturated carbocycles. The molecule has 1 N–H and O–H groups in total. The standard InChI is InChI=1S/C17H20INOS/c1-19(2)12-11-17(20)13-3-7-15(8-4-13)21-16-9-5-14(18)6-10-16/h3-10,17,20H,11-12H2,1-2H3. The van der Waals surface area contributed by atoms with Crippen LogP contribution in [-0.4, -0.2) is 30.6 Å². The van der Waals surface area contributed by atoms with Crippen molar-refractivity contribution in [1.29, 1.82) is 0 Å². The second-order valence-electron chi connectivity index (χ2n) is 5.23. The molecule has 4 heteroatoms. The molecular formula is C17H20INOS. The van der Waals surface area contributed by atoms with Gasteiger partial charge < -0.3 is 10.0 Å². The first kappa shape index (κ1) is 16.8. The Morgan fingerprint density at radius 3 is 2.05 bits per heavy atom. The third-order valence-electron chi connectivity index (χ3n) is 3.16. The molecule has 2 aromatic carbocycles. The molecule has 0 heterocycles. The van der Waals surface area contributed by atoms with Gasteiger partial charge in [0.15, 0.2) is 0 Å². The van der Waals surface area contributed by atoms with Crippen molar-refractivity contribution in [1.82, 2.24) is 4.90 Å². The summed E-state index contributed by atoms with van der Waals surface area (Å²) in [5.74, 6) is 0. The van der Waals surface area contributed by atoms with E-state index < -0.39 is 0 Å². The first-order valence-electron chi connectivity index (χ1n) is 6.91. The SMILES string of the molecule is CN(C)CCC(O)c1ccc(Sc2ccc(I)cc2)cc1. The summed E-state index contributed by atoms with van der Waals surface area (Å²) in [6, 6.07) is 16.7. The van der Waals surface area contributed by atoms with E-state index in [0.29, 0.717) is 0 Å². The normalized spacial score (nSPS) is 12.6. The molecular weight excluding hydrogens is 393 g/mol. The zero-order chi connectivity index (χ0) is 15.2. The fourth-order valence-corrected chi connectivity index (χ4v) is 3.12. The number of aliphatic hydroxyl groups excluding tert-OH is 1. The summed E-state index contributed by atoms with van der Waals surface area (Å²) in [7, 11) is 4.04. The summed E-state index contributed by atoms with van der Waals surface area (Å²) in [4.78, 5) is 4.51. The number of nitrogens with zero attached hydrogens (tertiary/aromatic N) is 1. The van der Waals surface area contributed by atoms with Crippen LogP contribution in [0.4, 0.5) is 0 Å².